The van der Waals surface area contributed by atoms with Crippen LogP contribution >= 0.6 is 11.3 Å². The van der Waals surface area contributed by atoms with Gasteiger partial charge in [0.05, 0.1) is 10.3 Å². The minimum Gasteiger partial charge on any atom is -0.301 e. The van der Waals surface area contributed by atoms with Gasteiger partial charge in [-0.05, 0) is 30.5 Å². The summed E-state index contributed by atoms with van der Waals surface area (Å²) >= 11 is 1.37. The van der Waals surface area contributed by atoms with Crippen molar-refractivity contribution in [2.45, 2.75) is 23.2 Å². The highest BCUT2D eigenvalue weighted by atomic mass is 32.2. The van der Waals surface area contributed by atoms with Crippen LogP contribution in [0, 0.1) is 0 Å². The maximum absolute atomic E-state index is 12.4. The second-order valence-electron chi connectivity index (χ2n) is 5.17. The summed E-state index contributed by atoms with van der Waals surface area (Å²) in [6.07, 6.45) is 4.34. The van der Waals surface area contributed by atoms with Crippen LogP contribution in [-0.4, -0.2) is 25.6 Å². The highest BCUT2D eigenvalue weighted by molar-refractivity contribution is 7.90. The first kappa shape index (κ1) is 14.2. The molecule has 1 aliphatic carbocycles. The monoisotopic (exact) mass is 322 g/mol. The molecule has 7 heteroatoms. The largest absolute Gasteiger partial charge is 0.301 e. The molecule has 0 bridgehead atoms. The van der Waals surface area contributed by atoms with Crippen molar-refractivity contribution in [1.29, 1.82) is 0 Å². The summed E-state index contributed by atoms with van der Waals surface area (Å²) < 4.78 is 22.9. The van der Waals surface area contributed by atoms with Crippen molar-refractivity contribution >= 4 is 32.2 Å². The van der Waals surface area contributed by atoms with Crippen molar-refractivity contribution in [3.63, 3.8) is 0 Å². The number of nitrogens with one attached hydrogen (secondary N) is 1. The number of carbonyl (C=O) groups excluding carboxylic acids is 1. The molecule has 1 fully saturated rings. The number of sulfone groups is 1. The van der Waals surface area contributed by atoms with Gasteiger partial charge in [0.15, 0.2) is 15.0 Å². The Morgan fingerprint density at radius 1 is 1.29 bits per heavy atom. The number of hydrogen-bond acceptors (Lipinski definition) is 5. The maximum Gasteiger partial charge on any atom is 0.236 e. The molecule has 0 saturated heterocycles. The number of rotatable bonds is 4. The summed E-state index contributed by atoms with van der Waals surface area (Å²) in [5.74, 6) is -0.0791. The van der Waals surface area contributed by atoms with E-state index in [1.54, 1.807) is 35.8 Å². The van der Waals surface area contributed by atoms with Gasteiger partial charge in [0.25, 0.3) is 0 Å². The van der Waals surface area contributed by atoms with Crippen molar-refractivity contribution in [3.05, 3.63) is 41.4 Å². The van der Waals surface area contributed by atoms with E-state index in [2.05, 4.69) is 10.3 Å². The molecule has 1 saturated carbocycles. The lowest BCUT2D eigenvalue weighted by molar-refractivity contribution is -0.118. The Morgan fingerprint density at radius 3 is 2.43 bits per heavy atom. The van der Waals surface area contributed by atoms with Gasteiger partial charge in [-0.1, -0.05) is 12.1 Å². The van der Waals surface area contributed by atoms with Gasteiger partial charge in [0.2, 0.25) is 5.91 Å². The molecule has 1 aliphatic rings. The normalized spacial score (nSPS) is 16.4. The van der Waals surface area contributed by atoms with Gasteiger partial charge in [-0.3, -0.25) is 4.79 Å². The Morgan fingerprint density at radius 2 is 1.95 bits per heavy atom. The number of benzene rings is 1. The van der Waals surface area contributed by atoms with E-state index in [1.165, 1.54) is 17.6 Å². The molecule has 3 rings (SSSR count). The van der Waals surface area contributed by atoms with Crippen LogP contribution < -0.4 is 5.32 Å². The summed E-state index contributed by atoms with van der Waals surface area (Å²) in [6.45, 7) is 0. The number of hydrogen-bond donors (Lipinski definition) is 1. The molecule has 1 amide bonds. The Hall–Kier alpha value is -1.73. The maximum atomic E-state index is 12.4. The predicted molar refractivity (Wildman–Crippen MR) is 81.2 cm³/mol. The van der Waals surface area contributed by atoms with E-state index < -0.39 is 15.3 Å². The van der Waals surface area contributed by atoms with E-state index in [4.69, 9.17) is 0 Å². The number of thiazole rings is 1. The van der Waals surface area contributed by atoms with E-state index in [0.717, 1.165) is 18.4 Å². The summed E-state index contributed by atoms with van der Waals surface area (Å²) in [7, 11) is -3.21. The first-order valence-corrected chi connectivity index (χ1v) is 9.20. The fourth-order valence-corrected chi connectivity index (χ4v) is 3.45. The number of carbonyl (C=O) groups is 1. The zero-order chi connectivity index (χ0) is 15.1. The summed E-state index contributed by atoms with van der Waals surface area (Å²) in [4.78, 5) is 16.7. The van der Waals surface area contributed by atoms with Gasteiger partial charge in [0, 0.05) is 17.8 Å². The molecule has 21 heavy (non-hydrogen) atoms. The Balaban J connectivity index is 1.84. The van der Waals surface area contributed by atoms with Gasteiger partial charge >= 0.3 is 0 Å². The van der Waals surface area contributed by atoms with E-state index in [9.17, 15) is 13.2 Å². The molecule has 0 spiro atoms. The number of amides is 1. The second kappa shape index (κ2) is 4.92. The van der Waals surface area contributed by atoms with Crippen LogP contribution in [0.25, 0.3) is 0 Å². The molecule has 0 atom stereocenters. The first-order valence-electron chi connectivity index (χ1n) is 6.43. The number of anilines is 1. The lowest BCUT2D eigenvalue weighted by Gasteiger charge is -2.15. The van der Waals surface area contributed by atoms with Gasteiger partial charge in [0.1, 0.15) is 0 Å². The quantitative estimate of drug-likeness (QED) is 0.936. The SMILES string of the molecule is CS(=O)(=O)c1ccc(C2(C(=O)Nc3nccs3)CC2)cc1. The standard InChI is InChI=1S/C14H14N2O3S2/c1-21(18,19)11-4-2-10(3-5-11)14(6-7-14)12(17)16-13-15-8-9-20-13/h2-5,8-9H,6-7H2,1H3,(H,15,16,17). The van der Waals surface area contributed by atoms with Gasteiger partial charge in [-0.15, -0.1) is 11.3 Å². The molecule has 0 aliphatic heterocycles. The van der Waals surface area contributed by atoms with E-state index in [-0.39, 0.29) is 10.8 Å². The van der Waals surface area contributed by atoms with E-state index in [0.29, 0.717) is 5.13 Å². The molecule has 110 valence electrons. The molecule has 0 radical (unpaired) electrons. The number of nitrogens with zero attached hydrogens (tertiary/aromatic N) is 1. The summed E-state index contributed by atoms with van der Waals surface area (Å²) in [5.41, 5.74) is 0.311. The highest BCUT2D eigenvalue weighted by Crippen LogP contribution is 2.49. The lowest BCUT2D eigenvalue weighted by Crippen LogP contribution is -2.27. The van der Waals surface area contributed by atoms with Crippen LogP contribution in [0.2, 0.25) is 0 Å². The average Bonchev–Trinajstić information content (AvgIpc) is 3.11. The highest BCUT2D eigenvalue weighted by Gasteiger charge is 2.51. The molecule has 2 aromatic rings. The molecule has 5 nitrogen and oxygen atoms in total. The minimum absolute atomic E-state index is 0.0791. The third-order valence-electron chi connectivity index (χ3n) is 3.67. The average molecular weight is 322 g/mol. The van der Waals surface area contributed by atoms with Gasteiger partial charge < -0.3 is 5.32 Å². The van der Waals surface area contributed by atoms with E-state index >= 15 is 0 Å². The Labute approximate surface area is 127 Å². The van der Waals surface area contributed by atoms with Crippen LogP contribution in [0.4, 0.5) is 5.13 Å². The zero-order valence-corrected chi connectivity index (χ0v) is 13.0. The fraction of sp³-hybridized carbons (Fsp3) is 0.286. The van der Waals surface area contributed by atoms with E-state index in [1.807, 2.05) is 0 Å². The fourth-order valence-electron chi connectivity index (χ4n) is 2.29. The minimum atomic E-state index is -3.21. The molecule has 0 unspecified atom stereocenters. The lowest BCUT2D eigenvalue weighted by atomic mass is 9.95. The van der Waals surface area contributed by atoms with Crippen molar-refractivity contribution < 1.29 is 13.2 Å². The second-order valence-corrected chi connectivity index (χ2v) is 8.08. The van der Waals surface area contributed by atoms with Gasteiger partial charge in [-0.25, -0.2) is 13.4 Å². The predicted octanol–water partition coefficient (Wildman–Crippen LogP) is 2.22. The van der Waals surface area contributed by atoms with Crippen LogP contribution in [0.3, 0.4) is 0 Å². The van der Waals surface area contributed by atoms with Crippen LogP contribution in [-0.2, 0) is 20.0 Å². The molecule has 1 N–H and O–H groups in total. The Kier molecular flexibility index (Phi) is 3.33. The van der Waals surface area contributed by atoms with Crippen LogP contribution in [0.1, 0.15) is 18.4 Å². The first-order chi connectivity index (χ1) is 9.92. The number of aromatic nitrogens is 1. The van der Waals surface area contributed by atoms with Crippen molar-refractivity contribution in [2.75, 3.05) is 11.6 Å². The molecule has 1 aromatic heterocycles. The molecule has 1 aromatic carbocycles. The topological polar surface area (TPSA) is 76.1 Å². The third kappa shape index (κ3) is 2.71. The molecular weight excluding hydrogens is 308 g/mol. The van der Waals surface area contributed by atoms with Crippen molar-refractivity contribution in [3.8, 4) is 0 Å². The smallest absolute Gasteiger partial charge is 0.236 e. The van der Waals surface area contributed by atoms with Crippen molar-refractivity contribution in [2.24, 2.45) is 0 Å². The summed E-state index contributed by atoms with van der Waals surface area (Å²) in [5, 5.41) is 5.20. The summed E-state index contributed by atoms with van der Waals surface area (Å²) in [6, 6.07) is 6.57. The molecule has 1 heterocycles. The Bertz CT molecular complexity index is 761. The van der Waals surface area contributed by atoms with Crippen molar-refractivity contribution in [1.82, 2.24) is 4.98 Å². The van der Waals surface area contributed by atoms with Crippen LogP contribution in [0.15, 0.2) is 40.7 Å². The molecular formula is C14H14N2O3S2. The van der Waals surface area contributed by atoms with Gasteiger partial charge in [-0.2, -0.15) is 0 Å². The van der Waals surface area contributed by atoms with Crippen LogP contribution in [0.5, 0.6) is 0 Å². The zero-order valence-electron chi connectivity index (χ0n) is 11.4. The third-order valence-corrected chi connectivity index (χ3v) is 5.49.